The lowest BCUT2D eigenvalue weighted by atomic mass is 10.0. The van der Waals surface area contributed by atoms with E-state index in [4.69, 9.17) is 14.2 Å². The first-order valence-electron chi connectivity index (χ1n) is 13.6. The van der Waals surface area contributed by atoms with Crippen molar-refractivity contribution in [2.24, 2.45) is 0 Å². The smallest absolute Gasteiger partial charge is 0.333 e. The Hall–Kier alpha value is -2.11. The molecule has 0 saturated carbocycles. The molecular weight excluding hydrogens is 444 g/mol. The van der Waals surface area contributed by atoms with Gasteiger partial charge in [-0.2, -0.15) is 0 Å². The molecule has 0 aromatic heterocycles. The number of rotatable bonds is 21. The van der Waals surface area contributed by atoms with Crippen molar-refractivity contribution in [3.05, 3.63) is 23.3 Å². The second-order valence-electron chi connectivity index (χ2n) is 9.24. The van der Waals surface area contributed by atoms with Gasteiger partial charge in [0.05, 0.1) is 0 Å². The van der Waals surface area contributed by atoms with E-state index >= 15 is 0 Å². The van der Waals surface area contributed by atoms with Crippen molar-refractivity contribution < 1.29 is 28.6 Å². The lowest BCUT2D eigenvalue weighted by Gasteiger charge is -2.18. The van der Waals surface area contributed by atoms with Gasteiger partial charge in [0.2, 0.25) is 0 Å². The Balaban J connectivity index is 4.07. The van der Waals surface area contributed by atoms with Crippen LogP contribution in [0.3, 0.4) is 0 Å². The van der Waals surface area contributed by atoms with Gasteiger partial charge in [-0.3, -0.25) is 4.79 Å². The number of ether oxygens (including phenoxy) is 3. The Bertz CT molecular complexity index is 650. The summed E-state index contributed by atoms with van der Waals surface area (Å²) in [5.74, 6) is -1.34. The highest BCUT2D eigenvalue weighted by atomic mass is 16.6. The second-order valence-corrected chi connectivity index (χ2v) is 9.24. The minimum Gasteiger partial charge on any atom is -0.462 e. The quantitative estimate of drug-likeness (QED) is 0.0716. The Labute approximate surface area is 213 Å². The number of allylic oxidation sites excluding steroid dienone is 2. The zero-order valence-corrected chi connectivity index (χ0v) is 23.0. The molecule has 0 aromatic carbocycles. The van der Waals surface area contributed by atoms with E-state index < -0.39 is 18.0 Å². The van der Waals surface area contributed by atoms with Crippen LogP contribution in [0.2, 0.25) is 0 Å². The number of carbonyl (C=O) groups excluding carboxylic acids is 3. The molecule has 0 unspecified atom stereocenters. The summed E-state index contributed by atoms with van der Waals surface area (Å²) in [5.41, 5.74) is 0.892. The molecule has 0 aliphatic heterocycles. The third-order valence-corrected chi connectivity index (χ3v) is 6.10. The van der Waals surface area contributed by atoms with Crippen molar-refractivity contribution in [3.63, 3.8) is 0 Å². The van der Waals surface area contributed by atoms with E-state index in [1.54, 1.807) is 39.8 Å². The molecule has 0 aliphatic carbocycles. The van der Waals surface area contributed by atoms with Crippen LogP contribution in [0.5, 0.6) is 0 Å². The fraction of sp³-hybridized carbons (Fsp3) is 0.759. The molecule has 6 heteroatoms. The van der Waals surface area contributed by atoms with Crippen LogP contribution in [0.4, 0.5) is 0 Å². The van der Waals surface area contributed by atoms with E-state index in [-0.39, 0.29) is 19.2 Å². The van der Waals surface area contributed by atoms with E-state index in [2.05, 4.69) is 6.92 Å². The molecule has 0 saturated heterocycles. The van der Waals surface area contributed by atoms with Crippen LogP contribution in [0.15, 0.2) is 23.3 Å². The highest BCUT2D eigenvalue weighted by Gasteiger charge is 2.20. The monoisotopic (exact) mass is 494 g/mol. The van der Waals surface area contributed by atoms with Gasteiger partial charge in [0.15, 0.2) is 6.10 Å². The van der Waals surface area contributed by atoms with Crippen molar-refractivity contribution in [3.8, 4) is 0 Å². The van der Waals surface area contributed by atoms with Crippen molar-refractivity contribution in [2.45, 2.75) is 131 Å². The molecule has 0 spiro atoms. The predicted molar refractivity (Wildman–Crippen MR) is 141 cm³/mol. The summed E-state index contributed by atoms with van der Waals surface area (Å²) in [6, 6.07) is 0. The van der Waals surface area contributed by atoms with Gasteiger partial charge in [0, 0.05) is 17.6 Å². The van der Waals surface area contributed by atoms with Crippen molar-refractivity contribution in [2.75, 3.05) is 13.2 Å². The van der Waals surface area contributed by atoms with Crippen LogP contribution in [-0.2, 0) is 28.6 Å². The fourth-order valence-electron chi connectivity index (χ4n) is 3.42. The van der Waals surface area contributed by atoms with E-state index in [0.29, 0.717) is 17.6 Å². The molecule has 0 rings (SSSR count). The molecule has 0 amide bonds. The molecule has 0 heterocycles. The first-order valence-corrected chi connectivity index (χ1v) is 13.6. The summed E-state index contributed by atoms with van der Waals surface area (Å²) in [5, 5.41) is 0. The van der Waals surface area contributed by atoms with Gasteiger partial charge in [0.25, 0.3) is 0 Å². The standard InChI is InChI=1S/C29H50O6/c1-6-9-10-11-12-13-14-15-16-17-18-19-20-21-27(30)33-22-26(35-29(32)25(5)8-3)23-34-28(31)24(4)7-2/h7-8,26H,6,9-23H2,1-5H3/b24-7+,25-8+/t26-/m0/s1. The summed E-state index contributed by atoms with van der Waals surface area (Å²) in [4.78, 5) is 36.1. The maximum absolute atomic E-state index is 12.1. The third kappa shape index (κ3) is 18.8. The van der Waals surface area contributed by atoms with Crippen molar-refractivity contribution in [1.82, 2.24) is 0 Å². The van der Waals surface area contributed by atoms with Gasteiger partial charge in [-0.25, -0.2) is 9.59 Å². The maximum Gasteiger partial charge on any atom is 0.333 e. The molecule has 0 aromatic rings. The highest BCUT2D eigenvalue weighted by molar-refractivity contribution is 5.88. The molecule has 0 aliphatic rings. The molecule has 35 heavy (non-hydrogen) atoms. The van der Waals surface area contributed by atoms with E-state index in [1.165, 1.54) is 64.2 Å². The lowest BCUT2D eigenvalue weighted by Crippen LogP contribution is -2.31. The van der Waals surface area contributed by atoms with Crippen LogP contribution >= 0.6 is 0 Å². The highest BCUT2D eigenvalue weighted by Crippen LogP contribution is 2.13. The molecule has 6 nitrogen and oxygen atoms in total. The number of hydrogen-bond donors (Lipinski definition) is 0. The molecule has 0 bridgehead atoms. The summed E-state index contributed by atoms with van der Waals surface area (Å²) in [6.07, 6.45) is 19.0. The van der Waals surface area contributed by atoms with E-state index in [1.807, 2.05) is 0 Å². The number of unbranched alkanes of at least 4 members (excludes halogenated alkanes) is 12. The van der Waals surface area contributed by atoms with Gasteiger partial charge in [-0.05, 0) is 34.1 Å². The van der Waals surface area contributed by atoms with Crippen LogP contribution < -0.4 is 0 Å². The van der Waals surface area contributed by atoms with Gasteiger partial charge in [-0.1, -0.05) is 96.1 Å². The van der Waals surface area contributed by atoms with Crippen LogP contribution in [0.25, 0.3) is 0 Å². The molecule has 202 valence electrons. The normalized spacial score (nSPS) is 12.8. The summed E-state index contributed by atoms with van der Waals surface area (Å²) in [6.45, 7) is 8.69. The molecule has 0 fully saturated rings. The second kappa shape index (κ2) is 22.4. The zero-order valence-electron chi connectivity index (χ0n) is 23.0. The van der Waals surface area contributed by atoms with Gasteiger partial charge in [-0.15, -0.1) is 0 Å². The number of esters is 3. The summed E-state index contributed by atoms with van der Waals surface area (Å²) < 4.78 is 15.9. The average molecular weight is 495 g/mol. The summed E-state index contributed by atoms with van der Waals surface area (Å²) in [7, 11) is 0. The molecule has 1 atom stereocenters. The zero-order chi connectivity index (χ0) is 26.3. The van der Waals surface area contributed by atoms with Crippen molar-refractivity contribution >= 4 is 17.9 Å². The van der Waals surface area contributed by atoms with E-state index in [9.17, 15) is 14.4 Å². The Morgan fingerprint density at radius 3 is 1.54 bits per heavy atom. The fourth-order valence-corrected chi connectivity index (χ4v) is 3.42. The van der Waals surface area contributed by atoms with Crippen molar-refractivity contribution in [1.29, 1.82) is 0 Å². The maximum atomic E-state index is 12.1. The van der Waals surface area contributed by atoms with Crippen LogP contribution in [-0.4, -0.2) is 37.2 Å². The molecular formula is C29H50O6. The topological polar surface area (TPSA) is 78.9 Å². The lowest BCUT2D eigenvalue weighted by molar-refractivity contribution is -0.163. The van der Waals surface area contributed by atoms with Gasteiger partial charge in [0.1, 0.15) is 13.2 Å². The first kappa shape index (κ1) is 32.9. The van der Waals surface area contributed by atoms with Crippen LogP contribution in [0.1, 0.15) is 125 Å². The van der Waals surface area contributed by atoms with Gasteiger partial charge >= 0.3 is 17.9 Å². The SMILES string of the molecule is C/C=C(\C)C(=O)OC[C@H](COC(=O)CCCCCCCCCCCCCCC)OC(=O)/C(C)=C/C. The predicted octanol–water partition coefficient (Wildman–Crippen LogP) is 7.40. The molecule has 0 N–H and O–H groups in total. The minimum atomic E-state index is -0.846. The largest absolute Gasteiger partial charge is 0.462 e. The number of carbonyl (C=O) groups is 3. The Morgan fingerprint density at radius 2 is 1.06 bits per heavy atom. The minimum absolute atomic E-state index is 0.137. The first-order chi connectivity index (χ1) is 16.8. The Kier molecular flexibility index (Phi) is 21.0. The van der Waals surface area contributed by atoms with E-state index in [0.717, 1.165) is 19.3 Å². The average Bonchev–Trinajstić information content (AvgIpc) is 2.86. The Morgan fingerprint density at radius 1 is 0.629 bits per heavy atom. The van der Waals surface area contributed by atoms with Gasteiger partial charge < -0.3 is 14.2 Å². The van der Waals surface area contributed by atoms with Crippen LogP contribution in [0, 0.1) is 0 Å². The summed E-state index contributed by atoms with van der Waals surface area (Å²) >= 11 is 0. The number of hydrogen-bond acceptors (Lipinski definition) is 6. The third-order valence-electron chi connectivity index (χ3n) is 6.10. The molecule has 0 radical (unpaired) electrons.